The zero-order valence-corrected chi connectivity index (χ0v) is 16.5. The Kier molecular flexibility index (Phi) is 4.20. The first kappa shape index (κ1) is 18.0. The lowest BCUT2D eigenvalue weighted by atomic mass is 9.89. The highest BCUT2D eigenvalue weighted by atomic mass is 32.1. The molecule has 29 heavy (non-hydrogen) atoms. The summed E-state index contributed by atoms with van der Waals surface area (Å²) in [5.41, 5.74) is 1.73. The van der Waals surface area contributed by atoms with E-state index in [0.29, 0.717) is 17.3 Å². The maximum Gasteiger partial charge on any atom is 0.365 e. The van der Waals surface area contributed by atoms with E-state index < -0.39 is 11.6 Å². The minimum absolute atomic E-state index is 0.214. The maximum absolute atomic E-state index is 13.0. The number of carbonyl (C=O) groups excluding carboxylic acids is 1. The summed E-state index contributed by atoms with van der Waals surface area (Å²) in [5.74, 6) is -0.146. The number of benzene rings is 1. The second-order valence-corrected chi connectivity index (χ2v) is 8.54. The highest BCUT2D eigenvalue weighted by Crippen LogP contribution is 2.38. The molecule has 0 radical (unpaired) electrons. The largest absolute Gasteiger partial charge is 0.365 e. The van der Waals surface area contributed by atoms with Crippen LogP contribution < -0.4 is 11.0 Å². The van der Waals surface area contributed by atoms with Gasteiger partial charge in [0.05, 0.1) is 5.39 Å². The molecular weight excluding hydrogens is 393 g/mol. The summed E-state index contributed by atoms with van der Waals surface area (Å²) < 4.78 is 15.8. The van der Waals surface area contributed by atoms with Crippen molar-refractivity contribution in [1.29, 1.82) is 0 Å². The molecule has 0 saturated carbocycles. The number of nitrogens with one attached hydrogen (secondary N) is 1. The number of carbonyl (C=O) groups is 1. The highest BCUT2D eigenvalue weighted by Gasteiger charge is 2.24. The van der Waals surface area contributed by atoms with Crippen LogP contribution in [-0.4, -0.2) is 25.1 Å². The van der Waals surface area contributed by atoms with Crippen molar-refractivity contribution in [2.45, 2.75) is 32.7 Å². The molecular formula is C20H18FN5O2S. The van der Waals surface area contributed by atoms with Crippen molar-refractivity contribution >= 4 is 38.8 Å². The van der Waals surface area contributed by atoms with Crippen LogP contribution in [0.1, 0.15) is 23.8 Å². The molecule has 0 saturated heterocycles. The van der Waals surface area contributed by atoms with Crippen LogP contribution in [0.2, 0.25) is 0 Å². The van der Waals surface area contributed by atoms with Gasteiger partial charge in [0, 0.05) is 10.6 Å². The lowest BCUT2D eigenvalue weighted by Crippen LogP contribution is -2.28. The van der Waals surface area contributed by atoms with Crippen molar-refractivity contribution in [3.8, 4) is 0 Å². The van der Waals surface area contributed by atoms with E-state index >= 15 is 0 Å². The van der Waals surface area contributed by atoms with Crippen LogP contribution >= 0.6 is 11.3 Å². The molecule has 1 aliphatic rings. The molecule has 3 heterocycles. The van der Waals surface area contributed by atoms with Crippen molar-refractivity contribution in [2.75, 3.05) is 5.32 Å². The van der Waals surface area contributed by atoms with Crippen molar-refractivity contribution < 1.29 is 9.18 Å². The lowest BCUT2D eigenvalue weighted by molar-refractivity contribution is -0.117. The molecule has 4 aromatic rings. The van der Waals surface area contributed by atoms with E-state index in [1.54, 1.807) is 22.2 Å². The van der Waals surface area contributed by atoms with Gasteiger partial charge in [-0.2, -0.15) is 4.98 Å². The second-order valence-electron chi connectivity index (χ2n) is 7.45. The Bertz CT molecular complexity index is 1300. The van der Waals surface area contributed by atoms with Gasteiger partial charge in [0.25, 0.3) is 0 Å². The molecule has 9 heteroatoms. The zero-order chi connectivity index (χ0) is 20.1. The second kappa shape index (κ2) is 6.77. The standard InChI is InChI=1S/C20H18FN5O2S/c1-11-2-7-14-15(8-11)29-19-17(14)18-24-20(28)25(26(18)10-22-19)9-16(27)23-13-5-3-12(21)4-6-13/h3-6,10-11H,2,7-9H2,1H3,(H,23,27)/t11-/m1/s1. The van der Waals surface area contributed by atoms with Crippen molar-refractivity contribution in [3.05, 3.63) is 57.3 Å². The molecule has 1 aliphatic carbocycles. The van der Waals surface area contributed by atoms with Gasteiger partial charge in [-0.1, -0.05) is 6.92 Å². The molecule has 1 aromatic carbocycles. The predicted molar refractivity (Wildman–Crippen MR) is 109 cm³/mol. The fourth-order valence-electron chi connectivity index (χ4n) is 3.87. The Morgan fingerprint density at radius 2 is 2.14 bits per heavy atom. The van der Waals surface area contributed by atoms with E-state index in [1.807, 2.05) is 0 Å². The monoisotopic (exact) mass is 411 g/mol. The van der Waals surface area contributed by atoms with E-state index in [9.17, 15) is 14.0 Å². The van der Waals surface area contributed by atoms with Gasteiger partial charge >= 0.3 is 5.69 Å². The quantitative estimate of drug-likeness (QED) is 0.562. The van der Waals surface area contributed by atoms with Gasteiger partial charge in [0.1, 0.15) is 23.5 Å². The molecule has 0 fully saturated rings. The van der Waals surface area contributed by atoms with Crippen LogP contribution in [-0.2, 0) is 24.2 Å². The van der Waals surface area contributed by atoms with Gasteiger partial charge in [-0.05, 0) is 55.0 Å². The lowest BCUT2D eigenvalue weighted by Gasteiger charge is -2.17. The average Bonchev–Trinajstić information content (AvgIpc) is 3.20. The van der Waals surface area contributed by atoms with Crippen LogP contribution in [0, 0.1) is 11.7 Å². The van der Waals surface area contributed by atoms with Gasteiger partial charge in [-0.3, -0.25) is 4.79 Å². The molecule has 0 spiro atoms. The van der Waals surface area contributed by atoms with Crippen molar-refractivity contribution in [3.63, 3.8) is 0 Å². The topological polar surface area (TPSA) is 81.3 Å². The third-order valence-electron chi connectivity index (χ3n) is 5.32. The van der Waals surface area contributed by atoms with Crippen LogP contribution in [0.15, 0.2) is 35.4 Å². The van der Waals surface area contributed by atoms with Gasteiger partial charge in [-0.15, -0.1) is 11.3 Å². The van der Waals surface area contributed by atoms with Crippen LogP contribution in [0.25, 0.3) is 15.9 Å². The van der Waals surface area contributed by atoms with Gasteiger partial charge in [0.2, 0.25) is 5.91 Å². The molecule has 1 amide bonds. The number of halogens is 1. The average molecular weight is 411 g/mol. The number of aryl methyl sites for hydroxylation is 1. The normalized spacial score (nSPS) is 16.3. The third kappa shape index (κ3) is 3.11. The first-order valence-electron chi connectivity index (χ1n) is 9.43. The number of thiophene rings is 1. The number of amides is 1. The van der Waals surface area contributed by atoms with Crippen molar-refractivity contribution in [1.82, 2.24) is 19.2 Å². The number of fused-ring (bicyclic) bond motifs is 5. The summed E-state index contributed by atoms with van der Waals surface area (Å²) >= 11 is 1.66. The molecule has 0 aliphatic heterocycles. The molecule has 7 nitrogen and oxygen atoms in total. The van der Waals surface area contributed by atoms with Crippen LogP contribution in [0.3, 0.4) is 0 Å². The van der Waals surface area contributed by atoms with Crippen LogP contribution in [0.4, 0.5) is 10.1 Å². The number of hydrogen-bond donors (Lipinski definition) is 1. The summed E-state index contributed by atoms with van der Waals surface area (Å²) in [4.78, 5) is 35.9. The Morgan fingerprint density at radius 3 is 2.93 bits per heavy atom. The van der Waals surface area contributed by atoms with Crippen molar-refractivity contribution in [2.24, 2.45) is 5.92 Å². The fraction of sp³-hybridized carbons (Fsp3) is 0.300. The van der Waals surface area contributed by atoms with Gasteiger partial charge in [-0.25, -0.2) is 23.4 Å². The van der Waals surface area contributed by atoms with E-state index in [2.05, 4.69) is 22.2 Å². The van der Waals surface area contributed by atoms with E-state index in [4.69, 9.17) is 0 Å². The predicted octanol–water partition coefficient (Wildman–Crippen LogP) is 3.01. The zero-order valence-electron chi connectivity index (χ0n) is 15.7. The summed E-state index contributed by atoms with van der Waals surface area (Å²) in [6, 6.07) is 5.46. The first-order valence-corrected chi connectivity index (χ1v) is 10.2. The Labute approximate surface area is 168 Å². The number of anilines is 1. The Morgan fingerprint density at radius 1 is 1.34 bits per heavy atom. The number of aromatic nitrogens is 4. The number of hydrogen-bond acceptors (Lipinski definition) is 5. The Hall–Kier alpha value is -3.07. The van der Waals surface area contributed by atoms with Gasteiger partial charge < -0.3 is 5.32 Å². The summed E-state index contributed by atoms with van der Waals surface area (Å²) in [7, 11) is 0. The minimum atomic E-state index is -0.502. The molecule has 1 N–H and O–H groups in total. The summed E-state index contributed by atoms with van der Waals surface area (Å²) in [5, 5.41) is 3.59. The smallest absolute Gasteiger partial charge is 0.324 e. The minimum Gasteiger partial charge on any atom is -0.324 e. The molecule has 3 aromatic heterocycles. The fourth-order valence-corrected chi connectivity index (χ4v) is 5.22. The molecule has 0 unspecified atom stereocenters. The summed E-state index contributed by atoms with van der Waals surface area (Å²) in [6.07, 6.45) is 4.62. The maximum atomic E-state index is 13.0. The molecule has 148 valence electrons. The third-order valence-corrected chi connectivity index (χ3v) is 6.48. The highest BCUT2D eigenvalue weighted by molar-refractivity contribution is 7.19. The molecule has 1 atom stereocenters. The van der Waals surface area contributed by atoms with E-state index in [0.717, 1.165) is 29.5 Å². The SMILES string of the molecule is C[C@@H]1CCc2c(sc3ncn4c(nc(=O)n4CC(=O)Nc4ccc(F)cc4)c23)C1. The first-order chi connectivity index (χ1) is 14.0. The summed E-state index contributed by atoms with van der Waals surface area (Å²) in [6.45, 7) is 2.03. The van der Waals surface area contributed by atoms with Crippen LogP contribution in [0.5, 0.6) is 0 Å². The molecule has 5 rings (SSSR count). The van der Waals surface area contributed by atoms with E-state index in [-0.39, 0.29) is 12.4 Å². The van der Waals surface area contributed by atoms with Gasteiger partial charge in [0.15, 0.2) is 5.65 Å². The Balaban J connectivity index is 1.52. The number of rotatable bonds is 3. The van der Waals surface area contributed by atoms with E-state index in [1.165, 1.54) is 39.4 Å². The number of nitrogens with zero attached hydrogens (tertiary/aromatic N) is 4. The molecule has 0 bridgehead atoms.